The van der Waals surface area contributed by atoms with E-state index in [-0.39, 0.29) is 43.6 Å². The first kappa shape index (κ1) is 34.4. The molecular formula is C31H38F3N5O7. The van der Waals surface area contributed by atoms with Gasteiger partial charge in [-0.15, -0.1) is 18.3 Å². The van der Waals surface area contributed by atoms with Crippen LogP contribution >= 0.6 is 0 Å². The van der Waals surface area contributed by atoms with Gasteiger partial charge in [-0.3, -0.25) is 10.2 Å². The zero-order valence-electron chi connectivity index (χ0n) is 26.3. The number of para-hydroxylation sites is 1. The fraction of sp³-hybridized carbons (Fsp3) is 0.452. The van der Waals surface area contributed by atoms with Crippen LogP contribution in [0.4, 0.5) is 28.6 Å². The minimum absolute atomic E-state index is 0.0390. The second-order valence-corrected chi connectivity index (χ2v) is 11.5. The van der Waals surface area contributed by atoms with E-state index in [9.17, 15) is 22.8 Å². The molecule has 15 heteroatoms. The first-order chi connectivity index (χ1) is 21.7. The van der Waals surface area contributed by atoms with E-state index in [0.717, 1.165) is 0 Å². The van der Waals surface area contributed by atoms with E-state index >= 15 is 0 Å². The molecule has 46 heavy (non-hydrogen) atoms. The molecule has 1 atom stereocenters. The predicted molar refractivity (Wildman–Crippen MR) is 161 cm³/mol. The third-order valence-corrected chi connectivity index (χ3v) is 6.68. The summed E-state index contributed by atoms with van der Waals surface area (Å²) in [6, 6.07) is 11.9. The van der Waals surface area contributed by atoms with Gasteiger partial charge >= 0.3 is 18.5 Å². The molecule has 0 radical (unpaired) electrons. The van der Waals surface area contributed by atoms with E-state index in [1.54, 1.807) is 56.9 Å². The number of alkyl halides is 3. The van der Waals surface area contributed by atoms with Gasteiger partial charge in [0.05, 0.1) is 37.1 Å². The quantitative estimate of drug-likeness (QED) is 0.293. The summed E-state index contributed by atoms with van der Waals surface area (Å²) >= 11 is 0. The van der Waals surface area contributed by atoms with Crippen LogP contribution in [0.25, 0.3) is 5.69 Å². The van der Waals surface area contributed by atoms with E-state index in [4.69, 9.17) is 18.9 Å². The summed E-state index contributed by atoms with van der Waals surface area (Å²) < 4.78 is 67.0. The van der Waals surface area contributed by atoms with Crippen LogP contribution in [0.1, 0.15) is 37.5 Å². The van der Waals surface area contributed by atoms with Crippen molar-refractivity contribution < 1.29 is 46.4 Å². The average Bonchev–Trinajstić information content (AvgIpc) is 3.29. The highest BCUT2D eigenvalue weighted by atomic mass is 19.4. The third kappa shape index (κ3) is 9.50. The monoisotopic (exact) mass is 649 g/mol. The molecule has 250 valence electrons. The summed E-state index contributed by atoms with van der Waals surface area (Å²) in [5.41, 5.74) is 1.11. The Labute approximate surface area is 264 Å². The zero-order valence-corrected chi connectivity index (χ0v) is 26.3. The molecule has 0 bridgehead atoms. The van der Waals surface area contributed by atoms with Crippen LogP contribution in [0.5, 0.6) is 11.6 Å². The Morgan fingerprint density at radius 2 is 1.85 bits per heavy atom. The van der Waals surface area contributed by atoms with Gasteiger partial charge in [0, 0.05) is 25.8 Å². The van der Waals surface area contributed by atoms with Crippen LogP contribution in [-0.2, 0) is 27.4 Å². The van der Waals surface area contributed by atoms with Gasteiger partial charge in [0.15, 0.2) is 0 Å². The smallest absolute Gasteiger partial charge is 0.474 e. The number of ether oxygens (including phenoxy) is 5. The molecule has 3 aromatic rings. The van der Waals surface area contributed by atoms with Gasteiger partial charge in [0.1, 0.15) is 23.8 Å². The van der Waals surface area contributed by atoms with Gasteiger partial charge in [0.25, 0.3) is 0 Å². The number of anilines is 1. The molecule has 1 unspecified atom stereocenters. The van der Waals surface area contributed by atoms with E-state index in [1.165, 1.54) is 30.0 Å². The zero-order chi connectivity index (χ0) is 33.5. The number of benzene rings is 2. The lowest BCUT2D eigenvalue weighted by Crippen LogP contribution is -2.52. The van der Waals surface area contributed by atoms with Crippen molar-refractivity contribution in [1.29, 1.82) is 0 Å². The fourth-order valence-electron chi connectivity index (χ4n) is 4.62. The molecular weight excluding hydrogens is 611 g/mol. The number of hydrogen-bond donors (Lipinski definition) is 2. The molecule has 0 aliphatic carbocycles. The Kier molecular flexibility index (Phi) is 11.0. The van der Waals surface area contributed by atoms with Crippen molar-refractivity contribution in [1.82, 2.24) is 20.0 Å². The van der Waals surface area contributed by atoms with Gasteiger partial charge in [-0.25, -0.2) is 14.3 Å². The molecule has 0 spiro atoms. The lowest BCUT2D eigenvalue weighted by atomic mass is 10.1. The van der Waals surface area contributed by atoms with Gasteiger partial charge in [-0.1, -0.05) is 24.3 Å². The van der Waals surface area contributed by atoms with Crippen LogP contribution in [0.3, 0.4) is 0 Å². The summed E-state index contributed by atoms with van der Waals surface area (Å²) in [5, 5.41) is 9.89. The molecule has 0 saturated carbocycles. The minimum atomic E-state index is -4.91. The molecule has 1 fully saturated rings. The molecule has 4 rings (SSSR count). The SMILES string of the molecule is COCc1ccc(OC(F)(F)F)c(CNC(=O)Nc2c(C)c(OCC3COCCN3C(=O)OC(C)(C)C)nn2-c2ccccc2)c1. The molecule has 3 amide bonds. The van der Waals surface area contributed by atoms with Crippen LogP contribution < -0.4 is 20.1 Å². The number of amides is 3. The number of carbonyl (C=O) groups is 2. The minimum Gasteiger partial charge on any atom is -0.474 e. The van der Waals surface area contributed by atoms with Gasteiger partial charge in [-0.05, 0) is 57.5 Å². The maximum absolute atomic E-state index is 13.1. The third-order valence-electron chi connectivity index (χ3n) is 6.68. The van der Waals surface area contributed by atoms with Crippen molar-refractivity contribution in [3.05, 3.63) is 65.2 Å². The van der Waals surface area contributed by atoms with Crippen molar-refractivity contribution >= 4 is 17.9 Å². The highest BCUT2D eigenvalue weighted by Crippen LogP contribution is 2.30. The van der Waals surface area contributed by atoms with Crippen LogP contribution in [0.15, 0.2) is 48.5 Å². The molecule has 2 N–H and O–H groups in total. The van der Waals surface area contributed by atoms with E-state index in [0.29, 0.717) is 30.0 Å². The second-order valence-electron chi connectivity index (χ2n) is 11.5. The van der Waals surface area contributed by atoms with Crippen molar-refractivity contribution in [2.24, 2.45) is 0 Å². The lowest BCUT2D eigenvalue weighted by molar-refractivity contribution is -0.274. The summed E-state index contributed by atoms with van der Waals surface area (Å²) in [6.45, 7) is 7.90. The van der Waals surface area contributed by atoms with Crippen molar-refractivity contribution in [2.75, 3.05) is 38.8 Å². The number of rotatable bonds is 10. The number of hydrogen-bond acceptors (Lipinski definition) is 8. The molecule has 2 heterocycles. The number of nitrogens with zero attached hydrogens (tertiary/aromatic N) is 3. The number of halogens is 3. The van der Waals surface area contributed by atoms with Gasteiger partial charge < -0.3 is 29.0 Å². The Bertz CT molecular complexity index is 1490. The molecule has 1 aliphatic rings. The van der Waals surface area contributed by atoms with Crippen molar-refractivity contribution in [3.8, 4) is 17.3 Å². The number of urea groups is 1. The number of carbonyl (C=O) groups excluding carboxylic acids is 2. The van der Waals surface area contributed by atoms with Crippen molar-refractivity contribution in [3.63, 3.8) is 0 Å². The molecule has 12 nitrogen and oxygen atoms in total. The first-order valence-electron chi connectivity index (χ1n) is 14.5. The summed E-state index contributed by atoms with van der Waals surface area (Å²) in [5.74, 6) is 0.0189. The molecule has 1 aromatic heterocycles. The molecule has 1 aliphatic heterocycles. The Balaban J connectivity index is 1.52. The molecule has 1 saturated heterocycles. The second kappa shape index (κ2) is 14.7. The van der Waals surface area contributed by atoms with Crippen LogP contribution in [0, 0.1) is 6.92 Å². The fourth-order valence-corrected chi connectivity index (χ4v) is 4.62. The highest BCUT2D eigenvalue weighted by molar-refractivity contribution is 5.89. The summed E-state index contributed by atoms with van der Waals surface area (Å²) in [4.78, 5) is 27.5. The Hall–Kier alpha value is -4.50. The first-order valence-corrected chi connectivity index (χ1v) is 14.5. The maximum Gasteiger partial charge on any atom is 0.573 e. The average molecular weight is 650 g/mol. The van der Waals surface area contributed by atoms with Gasteiger partial charge in [-0.2, -0.15) is 0 Å². The highest BCUT2D eigenvalue weighted by Gasteiger charge is 2.33. The van der Waals surface area contributed by atoms with E-state index in [2.05, 4.69) is 20.5 Å². The predicted octanol–water partition coefficient (Wildman–Crippen LogP) is 5.56. The standard InChI is InChI=1S/C31H38F3N5O7/c1-20-26(36-28(40)35-16-22-15-21(17-42-5)11-12-25(22)45-31(32,33)34)39(23-9-7-6-8-10-23)37-27(20)44-19-24-18-43-14-13-38(24)29(41)46-30(2,3)4/h6-12,15,24H,13-14,16-19H2,1-5H3,(H2,35,36,40). The normalized spacial score (nSPS) is 15.3. The number of methoxy groups -OCH3 is 1. The van der Waals surface area contributed by atoms with Crippen LogP contribution in [0.2, 0.25) is 0 Å². The Morgan fingerprint density at radius 3 is 2.52 bits per heavy atom. The molecule has 2 aromatic carbocycles. The Morgan fingerprint density at radius 1 is 1.11 bits per heavy atom. The van der Waals surface area contributed by atoms with E-state index < -0.39 is 35.9 Å². The van der Waals surface area contributed by atoms with Crippen LogP contribution in [-0.4, -0.2) is 78.3 Å². The number of nitrogens with one attached hydrogen (secondary N) is 2. The summed E-state index contributed by atoms with van der Waals surface area (Å²) in [6.07, 6.45) is -5.39. The lowest BCUT2D eigenvalue weighted by Gasteiger charge is -2.36. The number of aromatic nitrogens is 2. The summed E-state index contributed by atoms with van der Waals surface area (Å²) in [7, 11) is 1.46. The largest absolute Gasteiger partial charge is 0.573 e. The van der Waals surface area contributed by atoms with Crippen molar-refractivity contribution in [2.45, 2.75) is 58.9 Å². The van der Waals surface area contributed by atoms with E-state index in [1.807, 2.05) is 6.07 Å². The number of morpholine rings is 1. The van der Waals surface area contributed by atoms with Gasteiger partial charge in [0.2, 0.25) is 5.88 Å². The topological polar surface area (TPSA) is 125 Å². The maximum atomic E-state index is 13.1.